The van der Waals surface area contributed by atoms with Gasteiger partial charge in [0.1, 0.15) is 10.7 Å². The van der Waals surface area contributed by atoms with Gasteiger partial charge in [0.05, 0.1) is 11.9 Å². The van der Waals surface area contributed by atoms with Gasteiger partial charge in [-0.3, -0.25) is 4.79 Å². The minimum Gasteiger partial charge on any atom is -0.334 e. The van der Waals surface area contributed by atoms with Crippen molar-refractivity contribution in [2.24, 2.45) is 5.73 Å². The lowest BCUT2D eigenvalue weighted by Crippen LogP contribution is -2.48. The van der Waals surface area contributed by atoms with Crippen molar-refractivity contribution in [1.29, 1.82) is 0 Å². The number of hydrogen-bond acceptors (Lipinski definition) is 5. The van der Waals surface area contributed by atoms with E-state index < -0.39 is 0 Å². The molecular formula is C19H21N5OS. The number of nitrogens with two attached hydrogens (primary N) is 1. The summed E-state index contributed by atoms with van der Waals surface area (Å²) in [6.07, 6.45) is 5.40. The van der Waals surface area contributed by atoms with Crippen LogP contribution in [0.3, 0.4) is 0 Å². The molecule has 1 saturated heterocycles. The Bertz CT molecular complexity index is 904. The molecule has 2 aromatic heterocycles. The SMILES string of the molecule is CC1CC(N)CCN1C(=O)c1csc(-c2cnn(-c3ccccc3)c2)n1. The molecule has 3 heterocycles. The van der Waals surface area contributed by atoms with E-state index in [1.165, 1.54) is 11.3 Å². The second-order valence-electron chi connectivity index (χ2n) is 6.68. The van der Waals surface area contributed by atoms with Gasteiger partial charge in [-0.2, -0.15) is 5.10 Å². The molecule has 1 aliphatic heterocycles. The molecule has 0 bridgehead atoms. The van der Waals surface area contributed by atoms with E-state index in [1.54, 1.807) is 6.20 Å². The lowest BCUT2D eigenvalue weighted by molar-refractivity contribution is 0.0614. The largest absolute Gasteiger partial charge is 0.334 e. The van der Waals surface area contributed by atoms with E-state index >= 15 is 0 Å². The molecule has 7 heteroatoms. The van der Waals surface area contributed by atoms with Gasteiger partial charge in [-0.05, 0) is 31.9 Å². The van der Waals surface area contributed by atoms with Crippen LogP contribution < -0.4 is 5.73 Å². The van der Waals surface area contributed by atoms with Crippen molar-refractivity contribution in [1.82, 2.24) is 19.7 Å². The molecule has 1 aliphatic rings. The number of benzene rings is 1. The van der Waals surface area contributed by atoms with Crippen molar-refractivity contribution >= 4 is 17.2 Å². The summed E-state index contributed by atoms with van der Waals surface area (Å²) in [5.74, 6) is -0.0117. The first-order valence-corrected chi connectivity index (χ1v) is 9.62. The van der Waals surface area contributed by atoms with E-state index in [4.69, 9.17) is 5.73 Å². The zero-order valence-corrected chi connectivity index (χ0v) is 15.4. The van der Waals surface area contributed by atoms with Crippen molar-refractivity contribution < 1.29 is 4.79 Å². The number of aromatic nitrogens is 3. The third-order valence-electron chi connectivity index (χ3n) is 4.75. The number of likely N-dealkylation sites (tertiary alicyclic amines) is 1. The second-order valence-corrected chi connectivity index (χ2v) is 7.54. The highest BCUT2D eigenvalue weighted by molar-refractivity contribution is 7.13. The monoisotopic (exact) mass is 367 g/mol. The first-order valence-electron chi connectivity index (χ1n) is 8.74. The Labute approximate surface area is 156 Å². The van der Waals surface area contributed by atoms with Crippen LogP contribution in [-0.4, -0.2) is 44.2 Å². The zero-order chi connectivity index (χ0) is 18.1. The van der Waals surface area contributed by atoms with Crippen LogP contribution in [0.1, 0.15) is 30.3 Å². The van der Waals surface area contributed by atoms with E-state index in [-0.39, 0.29) is 18.0 Å². The topological polar surface area (TPSA) is 77.0 Å². The Morgan fingerprint density at radius 2 is 2.12 bits per heavy atom. The molecule has 0 aliphatic carbocycles. The molecule has 1 amide bonds. The lowest BCUT2D eigenvalue weighted by atomic mass is 9.99. The molecular weight excluding hydrogens is 346 g/mol. The second kappa shape index (κ2) is 7.01. The maximum Gasteiger partial charge on any atom is 0.273 e. The van der Waals surface area contributed by atoms with Gasteiger partial charge in [-0.15, -0.1) is 11.3 Å². The highest BCUT2D eigenvalue weighted by Gasteiger charge is 2.29. The van der Waals surface area contributed by atoms with Crippen LogP contribution in [0.2, 0.25) is 0 Å². The van der Waals surface area contributed by atoms with Gasteiger partial charge in [0.2, 0.25) is 0 Å². The van der Waals surface area contributed by atoms with Crippen molar-refractivity contribution in [3.05, 3.63) is 53.8 Å². The smallest absolute Gasteiger partial charge is 0.273 e. The summed E-state index contributed by atoms with van der Waals surface area (Å²) in [7, 11) is 0. The minimum absolute atomic E-state index is 0.0117. The van der Waals surface area contributed by atoms with Crippen molar-refractivity contribution in [2.45, 2.75) is 31.8 Å². The van der Waals surface area contributed by atoms with Crippen molar-refractivity contribution in [3.8, 4) is 16.3 Å². The molecule has 0 radical (unpaired) electrons. The van der Waals surface area contributed by atoms with Crippen LogP contribution in [0.25, 0.3) is 16.3 Å². The van der Waals surface area contributed by atoms with Gasteiger partial charge in [0, 0.05) is 35.8 Å². The van der Waals surface area contributed by atoms with Gasteiger partial charge >= 0.3 is 0 Å². The van der Waals surface area contributed by atoms with Crippen LogP contribution in [0.4, 0.5) is 0 Å². The number of carbonyl (C=O) groups is 1. The normalized spacial score (nSPS) is 20.3. The average Bonchev–Trinajstić information content (AvgIpc) is 3.31. The molecule has 1 aromatic carbocycles. The summed E-state index contributed by atoms with van der Waals surface area (Å²) in [5, 5.41) is 7.04. The van der Waals surface area contributed by atoms with E-state index in [0.717, 1.165) is 29.1 Å². The number of carbonyl (C=O) groups excluding carboxylic acids is 1. The predicted molar refractivity (Wildman–Crippen MR) is 102 cm³/mol. The Kier molecular flexibility index (Phi) is 4.57. The van der Waals surface area contributed by atoms with Crippen LogP contribution in [-0.2, 0) is 0 Å². The Balaban J connectivity index is 1.53. The molecule has 3 aromatic rings. The number of thiazole rings is 1. The first-order chi connectivity index (χ1) is 12.6. The maximum atomic E-state index is 12.8. The van der Waals surface area contributed by atoms with Crippen LogP contribution >= 0.6 is 11.3 Å². The maximum absolute atomic E-state index is 12.8. The third kappa shape index (κ3) is 3.27. The van der Waals surface area contributed by atoms with Gasteiger partial charge in [-0.25, -0.2) is 9.67 Å². The van der Waals surface area contributed by atoms with Gasteiger partial charge in [-0.1, -0.05) is 18.2 Å². The Hall–Kier alpha value is -2.51. The van der Waals surface area contributed by atoms with E-state index in [2.05, 4.69) is 10.1 Å². The fourth-order valence-corrected chi connectivity index (χ4v) is 4.09. The molecule has 2 atom stereocenters. The number of rotatable bonds is 3. The van der Waals surface area contributed by atoms with Crippen LogP contribution in [0, 0.1) is 0 Å². The van der Waals surface area contributed by atoms with Gasteiger partial charge < -0.3 is 10.6 Å². The fourth-order valence-electron chi connectivity index (χ4n) is 3.32. The van der Waals surface area contributed by atoms with E-state index in [9.17, 15) is 4.79 Å². The Morgan fingerprint density at radius 3 is 2.88 bits per heavy atom. The fraction of sp³-hybridized carbons (Fsp3) is 0.316. The van der Waals surface area contributed by atoms with Crippen LogP contribution in [0.15, 0.2) is 48.1 Å². The summed E-state index contributed by atoms with van der Waals surface area (Å²) >= 11 is 1.47. The third-order valence-corrected chi connectivity index (χ3v) is 5.64. The molecule has 134 valence electrons. The molecule has 2 N–H and O–H groups in total. The molecule has 26 heavy (non-hydrogen) atoms. The van der Waals surface area contributed by atoms with Crippen molar-refractivity contribution in [3.63, 3.8) is 0 Å². The quantitative estimate of drug-likeness (QED) is 0.772. The first kappa shape index (κ1) is 16.9. The zero-order valence-electron chi connectivity index (χ0n) is 14.6. The summed E-state index contributed by atoms with van der Waals surface area (Å²) in [4.78, 5) is 19.2. The summed E-state index contributed by atoms with van der Waals surface area (Å²) in [6.45, 7) is 2.74. The number of amides is 1. The Morgan fingerprint density at radius 1 is 1.31 bits per heavy atom. The van der Waals surface area contributed by atoms with Crippen molar-refractivity contribution in [2.75, 3.05) is 6.54 Å². The standard InChI is InChI=1S/C19H21N5OS/c1-13-9-15(20)7-8-23(13)19(25)17-12-26-18(22-17)14-10-21-24(11-14)16-5-3-2-4-6-16/h2-6,10-13,15H,7-9,20H2,1H3. The number of hydrogen-bond donors (Lipinski definition) is 1. The molecule has 6 nitrogen and oxygen atoms in total. The molecule has 4 rings (SSSR count). The highest BCUT2D eigenvalue weighted by atomic mass is 32.1. The van der Waals surface area contributed by atoms with Crippen LogP contribution in [0.5, 0.6) is 0 Å². The van der Waals surface area contributed by atoms with E-state index in [1.807, 2.05) is 58.4 Å². The number of para-hydroxylation sites is 1. The van der Waals surface area contributed by atoms with Gasteiger partial charge in [0.15, 0.2) is 0 Å². The molecule has 0 saturated carbocycles. The molecule has 2 unspecified atom stereocenters. The summed E-state index contributed by atoms with van der Waals surface area (Å²) in [6, 6.07) is 10.2. The molecule has 0 spiro atoms. The number of nitrogens with zero attached hydrogens (tertiary/aromatic N) is 4. The average molecular weight is 367 g/mol. The van der Waals surface area contributed by atoms with E-state index in [0.29, 0.717) is 12.2 Å². The van der Waals surface area contributed by atoms with Gasteiger partial charge in [0.25, 0.3) is 5.91 Å². The minimum atomic E-state index is -0.0117. The highest BCUT2D eigenvalue weighted by Crippen LogP contribution is 2.26. The summed E-state index contributed by atoms with van der Waals surface area (Å²) < 4.78 is 1.81. The lowest BCUT2D eigenvalue weighted by Gasteiger charge is -2.35. The predicted octanol–water partition coefficient (Wildman–Crippen LogP) is 2.95. The summed E-state index contributed by atoms with van der Waals surface area (Å²) in [5.41, 5.74) is 8.40. The molecule has 1 fully saturated rings. The number of piperidine rings is 1.